The van der Waals surface area contributed by atoms with E-state index in [2.05, 4.69) is 27.5 Å². The molecule has 2 N–H and O–H groups in total. The lowest BCUT2D eigenvalue weighted by atomic mass is 10.2. The summed E-state index contributed by atoms with van der Waals surface area (Å²) >= 11 is 0. The van der Waals surface area contributed by atoms with Crippen molar-refractivity contribution >= 4 is 23.1 Å². The molecule has 2 aromatic carbocycles. The maximum absolute atomic E-state index is 13.5. The number of hydrogen-bond donors (Lipinski definition) is 2. The molecule has 0 aliphatic heterocycles. The molecule has 1 aromatic heterocycles. The summed E-state index contributed by atoms with van der Waals surface area (Å²) in [6.07, 6.45) is -0.649. The molecule has 3 aromatic rings. The van der Waals surface area contributed by atoms with E-state index in [0.717, 1.165) is 31.2 Å². The zero-order valence-corrected chi connectivity index (χ0v) is 17.9. The highest BCUT2D eigenvalue weighted by Gasteiger charge is 2.35. The molecule has 32 heavy (non-hydrogen) atoms. The molecule has 0 atom stereocenters. The lowest BCUT2D eigenvalue weighted by molar-refractivity contribution is -0.137. The lowest BCUT2D eigenvalue weighted by Crippen LogP contribution is -2.12. The van der Waals surface area contributed by atoms with Gasteiger partial charge in [-0.1, -0.05) is 25.8 Å². The van der Waals surface area contributed by atoms with E-state index in [-0.39, 0.29) is 11.8 Å². The van der Waals surface area contributed by atoms with E-state index in [1.54, 1.807) is 48.5 Å². The topological polar surface area (TPSA) is 68.3 Å². The van der Waals surface area contributed by atoms with Crippen molar-refractivity contribution in [1.82, 2.24) is 9.97 Å². The van der Waals surface area contributed by atoms with Crippen LogP contribution < -0.4 is 20.1 Å². The Morgan fingerprint density at radius 1 is 0.938 bits per heavy atom. The highest BCUT2D eigenvalue weighted by atomic mass is 19.4. The second-order valence-corrected chi connectivity index (χ2v) is 7.02. The van der Waals surface area contributed by atoms with Gasteiger partial charge in [-0.05, 0) is 42.8 Å². The first kappa shape index (κ1) is 23.2. The molecule has 0 saturated carbocycles. The van der Waals surface area contributed by atoms with E-state index in [1.165, 1.54) is 7.11 Å². The molecule has 0 bridgehead atoms. The first-order valence-electron chi connectivity index (χ1n) is 10.2. The van der Waals surface area contributed by atoms with Crippen LogP contribution in [0.1, 0.15) is 31.7 Å². The third-order valence-corrected chi connectivity index (χ3v) is 4.55. The molecule has 0 fully saturated rings. The van der Waals surface area contributed by atoms with Gasteiger partial charge in [-0.2, -0.15) is 18.2 Å². The normalized spacial score (nSPS) is 11.2. The summed E-state index contributed by atoms with van der Waals surface area (Å²) in [6.45, 7) is 2.77. The fourth-order valence-corrected chi connectivity index (χ4v) is 2.89. The molecular weight excluding hydrogens is 421 g/mol. The predicted octanol–water partition coefficient (Wildman–Crippen LogP) is 6.56. The fourth-order valence-electron chi connectivity index (χ4n) is 2.89. The van der Waals surface area contributed by atoms with Crippen molar-refractivity contribution in [2.24, 2.45) is 0 Å². The molecular formula is C23H25F3N4O2. The molecule has 170 valence electrons. The number of alkyl halides is 3. The number of rotatable bonds is 10. The maximum Gasteiger partial charge on any atom is 0.421 e. The van der Waals surface area contributed by atoms with Gasteiger partial charge in [-0.25, -0.2) is 4.98 Å². The summed E-state index contributed by atoms with van der Waals surface area (Å²) in [6, 6.07) is 13.6. The Bertz CT molecular complexity index is 1010. The molecule has 9 heteroatoms. The summed E-state index contributed by atoms with van der Waals surface area (Å²) < 4.78 is 51.2. The average Bonchev–Trinajstić information content (AvgIpc) is 2.77. The number of ether oxygens (including phenoxy) is 2. The SMILES string of the molecule is CCCCCOc1ccc(Nc2ncc(C(F)(F)F)c(Nc3cccc(OC)c3)n2)cc1. The summed E-state index contributed by atoms with van der Waals surface area (Å²) in [5, 5.41) is 5.64. The first-order valence-corrected chi connectivity index (χ1v) is 10.2. The molecule has 0 aliphatic carbocycles. The molecule has 0 amide bonds. The third-order valence-electron chi connectivity index (χ3n) is 4.55. The lowest BCUT2D eigenvalue weighted by Gasteiger charge is -2.15. The third kappa shape index (κ3) is 6.50. The van der Waals surface area contributed by atoms with Gasteiger partial charge in [0.25, 0.3) is 0 Å². The molecule has 0 saturated heterocycles. The van der Waals surface area contributed by atoms with Crippen molar-refractivity contribution in [1.29, 1.82) is 0 Å². The van der Waals surface area contributed by atoms with Crippen molar-refractivity contribution in [2.75, 3.05) is 24.4 Å². The van der Waals surface area contributed by atoms with Crippen LogP contribution in [0.25, 0.3) is 0 Å². The van der Waals surface area contributed by atoms with E-state index in [9.17, 15) is 13.2 Å². The zero-order valence-electron chi connectivity index (χ0n) is 17.9. The van der Waals surface area contributed by atoms with Gasteiger partial charge in [0.2, 0.25) is 5.95 Å². The second-order valence-electron chi connectivity index (χ2n) is 7.02. The highest BCUT2D eigenvalue weighted by molar-refractivity contribution is 5.64. The Morgan fingerprint density at radius 3 is 2.41 bits per heavy atom. The number of nitrogens with zero attached hydrogens (tertiary/aromatic N) is 2. The Labute approximate surface area is 184 Å². The standard InChI is InChI=1S/C23H25F3N4O2/c1-3-4-5-13-32-18-11-9-16(10-12-18)29-22-27-15-20(23(24,25)26)21(30-22)28-17-7-6-8-19(14-17)31-2/h6-12,14-15H,3-5,13H2,1-2H3,(H2,27,28,29,30). The molecule has 1 heterocycles. The smallest absolute Gasteiger partial charge is 0.421 e. The van der Waals surface area contributed by atoms with Crippen LogP contribution in [-0.4, -0.2) is 23.7 Å². The number of hydrogen-bond acceptors (Lipinski definition) is 6. The van der Waals surface area contributed by atoms with Crippen LogP contribution in [0.2, 0.25) is 0 Å². The maximum atomic E-state index is 13.5. The van der Waals surface area contributed by atoms with Gasteiger partial charge in [0.05, 0.1) is 13.7 Å². The van der Waals surface area contributed by atoms with Gasteiger partial charge in [-0.15, -0.1) is 0 Å². The van der Waals surface area contributed by atoms with Crippen molar-refractivity contribution in [3.05, 3.63) is 60.3 Å². The van der Waals surface area contributed by atoms with Gasteiger partial charge < -0.3 is 20.1 Å². The van der Waals surface area contributed by atoms with Crippen LogP contribution in [-0.2, 0) is 6.18 Å². The molecule has 0 aliphatic rings. The fraction of sp³-hybridized carbons (Fsp3) is 0.304. The van der Waals surface area contributed by atoms with E-state index >= 15 is 0 Å². The average molecular weight is 446 g/mol. The van der Waals surface area contributed by atoms with E-state index in [0.29, 0.717) is 23.7 Å². The van der Waals surface area contributed by atoms with Crippen LogP contribution in [0.4, 0.5) is 36.3 Å². The monoisotopic (exact) mass is 446 g/mol. The Morgan fingerprint density at radius 2 is 1.72 bits per heavy atom. The van der Waals surface area contributed by atoms with Gasteiger partial charge in [0, 0.05) is 23.6 Å². The summed E-state index contributed by atoms with van der Waals surface area (Å²) in [5.74, 6) is 0.896. The number of benzene rings is 2. The largest absolute Gasteiger partial charge is 0.497 e. The van der Waals surface area contributed by atoms with Gasteiger partial charge in [-0.3, -0.25) is 0 Å². The van der Waals surface area contributed by atoms with Crippen LogP contribution in [0.15, 0.2) is 54.7 Å². The number of aromatic nitrogens is 2. The minimum absolute atomic E-state index is 0.0278. The first-order chi connectivity index (χ1) is 15.4. The van der Waals surface area contributed by atoms with Crippen molar-refractivity contribution in [3.8, 4) is 11.5 Å². The quantitative estimate of drug-likeness (QED) is 0.344. The van der Waals surface area contributed by atoms with Crippen molar-refractivity contribution in [3.63, 3.8) is 0 Å². The minimum atomic E-state index is -4.61. The number of unbranched alkanes of at least 4 members (excludes halogenated alkanes) is 2. The Kier molecular flexibility index (Phi) is 7.75. The van der Waals surface area contributed by atoms with E-state index in [4.69, 9.17) is 9.47 Å². The second kappa shape index (κ2) is 10.7. The van der Waals surface area contributed by atoms with Crippen molar-refractivity contribution < 1.29 is 22.6 Å². The Balaban J connectivity index is 1.76. The van der Waals surface area contributed by atoms with E-state index < -0.39 is 11.7 Å². The van der Waals surface area contributed by atoms with Gasteiger partial charge in [0.1, 0.15) is 22.9 Å². The number of nitrogens with one attached hydrogen (secondary N) is 2. The number of halogens is 3. The summed E-state index contributed by atoms with van der Waals surface area (Å²) in [7, 11) is 1.48. The highest BCUT2D eigenvalue weighted by Crippen LogP contribution is 2.35. The minimum Gasteiger partial charge on any atom is -0.497 e. The summed E-state index contributed by atoms with van der Waals surface area (Å²) in [5.41, 5.74) is 0.0590. The van der Waals surface area contributed by atoms with Gasteiger partial charge >= 0.3 is 6.18 Å². The van der Waals surface area contributed by atoms with Crippen LogP contribution in [0.3, 0.4) is 0 Å². The zero-order chi connectivity index (χ0) is 23.0. The summed E-state index contributed by atoms with van der Waals surface area (Å²) in [4.78, 5) is 7.88. The number of methoxy groups -OCH3 is 1. The number of anilines is 4. The Hall–Kier alpha value is -3.49. The van der Waals surface area contributed by atoms with Crippen molar-refractivity contribution in [2.45, 2.75) is 32.4 Å². The van der Waals surface area contributed by atoms with Crippen LogP contribution in [0, 0.1) is 0 Å². The van der Waals surface area contributed by atoms with Crippen LogP contribution in [0.5, 0.6) is 11.5 Å². The molecule has 6 nitrogen and oxygen atoms in total. The molecule has 0 spiro atoms. The molecule has 0 radical (unpaired) electrons. The molecule has 0 unspecified atom stereocenters. The van der Waals surface area contributed by atoms with Gasteiger partial charge in [0.15, 0.2) is 0 Å². The van der Waals surface area contributed by atoms with Crippen LogP contribution >= 0.6 is 0 Å². The molecule has 3 rings (SSSR count). The predicted molar refractivity (Wildman–Crippen MR) is 118 cm³/mol. The van der Waals surface area contributed by atoms with E-state index in [1.807, 2.05) is 0 Å².